The van der Waals surface area contributed by atoms with E-state index in [1.54, 1.807) is 0 Å². The van der Waals surface area contributed by atoms with Crippen molar-refractivity contribution in [1.29, 1.82) is 5.26 Å². The lowest BCUT2D eigenvalue weighted by Crippen LogP contribution is -2.04. The molecule has 0 aliphatic rings. The zero-order valence-corrected chi connectivity index (χ0v) is 8.37. The van der Waals surface area contributed by atoms with E-state index in [0.717, 1.165) is 17.4 Å². The molecule has 3 heteroatoms. The molecule has 1 unspecified atom stereocenters. The number of rotatable bonds is 4. The summed E-state index contributed by atoms with van der Waals surface area (Å²) in [5.41, 5.74) is 1.99. The van der Waals surface area contributed by atoms with Gasteiger partial charge in [0, 0.05) is 0 Å². The van der Waals surface area contributed by atoms with E-state index in [1.807, 2.05) is 24.3 Å². The van der Waals surface area contributed by atoms with Crippen molar-refractivity contribution in [2.75, 3.05) is 0 Å². The summed E-state index contributed by atoms with van der Waals surface area (Å²) >= 11 is 5.68. The first-order chi connectivity index (χ1) is 6.76. The molecule has 0 saturated heterocycles. The van der Waals surface area contributed by atoms with E-state index in [2.05, 4.69) is 6.07 Å². The van der Waals surface area contributed by atoms with Crippen LogP contribution in [-0.2, 0) is 17.6 Å². The van der Waals surface area contributed by atoms with Crippen LogP contribution in [0.25, 0.3) is 0 Å². The lowest BCUT2D eigenvalue weighted by molar-refractivity contribution is -0.107. The molecular formula is C11H10ClNO. The molecule has 0 fully saturated rings. The van der Waals surface area contributed by atoms with E-state index in [1.165, 1.54) is 0 Å². The Hall–Kier alpha value is -1.33. The van der Waals surface area contributed by atoms with Gasteiger partial charge in [0.15, 0.2) is 0 Å². The minimum Gasteiger partial charge on any atom is -0.302 e. The summed E-state index contributed by atoms with van der Waals surface area (Å²) in [7, 11) is 0. The lowest BCUT2D eigenvalue weighted by Gasteiger charge is -2.02. The Morgan fingerprint density at radius 2 is 1.93 bits per heavy atom. The van der Waals surface area contributed by atoms with Gasteiger partial charge in [-0.25, -0.2) is 0 Å². The number of aldehydes is 1. The van der Waals surface area contributed by atoms with E-state index in [-0.39, 0.29) is 0 Å². The van der Waals surface area contributed by atoms with Crippen molar-refractivity contribution in [1.82, 2.24) is 0 Å². The van der Waals surface area contributed by atoms with E-state index in [4.69, 9.17) is 16.9 Å². The van der Waals surface area contributed by atoms with Gasteiger partial charge in [-0.1, -0.05) is 24.3 Å². The number of carbonyl (C=O) groups excluding carboxylic acids is 1. The third-order valence-corrected chi connectivity index (χ3v) is 2.14. The largest absolute Gasteiger partial charge is 0.302 e. The van der Waals surface area contributed by atoms with Gasteiger partial charge in [-0.05, 0) is 17.5 Å². The maximum atomic E-state index is 10.3. The highest BCUT2D eigenvalue weighted by Gasteiger charge is 2.03. The maximum absolute atomic E-state index is 10.3. The summed E-state index contributed by atoms with van der Waals surface area (Å²) in [6, 6.07) is 9.63. The predicted octanol–water partition coefficient (Wildman–Crippen LogP) is 2.10. The van der Waals surface area contributed by atoms with Crippen LogP contribution >= 0.6 is 11.6 Å². The van der Waals surface area contributed by atoms with Crippen LogP contribution in [0.1, 0.15) is 11.1 Å². The summed E-state index contributed by atoms with van der Waals surface area (Å²) < 4.78 is 0. The molecule has 2 nitrogen and oxygen atoms in total. The van der Waals surface area contributed by atoms with Gasteiger partial charge < -0.3 is 4.79 Å². The molecule has 1 aromatic rings. The van der Waals surface area contributed by atoms with Gasteiger partial charge in [-0.15, -0.1) is 11.6 Å². The summed E-state index contributed by atoms with van der Waals surface area (Å²) in [5, 5.41) is 7.99. The van der Waals surface area contributed by atoms with Gasteiger partial charge in [0.25, 0.3) is 0 Å². The molecule has 0 heterocycles. The Kier molecular flexibility index (Phi) is 4.15. The molecule has 0 bridgehead atoms. The molecule has 0 N–H and O–H groups in total. The molecule has 14 heavy (non-hydrogen) atoms. The van der Waals surface area contributed by atoms with Crippen LogP contribution in [-0.4, -0.2) is 11.7 Å². The first kappa shape index (κ1) is 10.7. The molecule has 0 aliphatic heterocycles. The van der Waals surface area contributed by atoms with Crippen LogP contribution in [0, 0.1) is 11.3 Å². The number of nitriles is 1. The van der Waals surface area contributed by atoms with Crippen molar-refractivity contribution in [2.45, 2.75) is 18.2 Å². The van der Waals surface area contributed by atoms with E-state index in [0.29, 0.717) is 12.8 Å². The fraction of sp³-hybridized carbons (Fsp3) is 0.273. The molecule has 72 valence electrons. The van der Waals surface area contributed by atoms with Crippen LogP contribution in [0.3, 0.4) is 0 Å². The number of halogens is 1. The maximum Gasteiger partial charge on any atom is 0.138 e. The number of benzene rings is 1. The Morgan fingerprint density at radius 1 is 1.36 bits per heavy atom. The Morgan fingerprint density at radius 3 is 2.43 bits per heavy atom. The third kappa shape index (κ3) is 3.20. The fourth-order valence-electron chi connectivity index (χ4n) is 1.16. The van der Waals surface area contributed by atoms with Crippen LogP contribution < -0.4 is 0 Å². The average Bonchev–Trinajstić information content (AvgIpc) is 2.21. The van der Waals surface area contributed by atoms with Crippen LogP contribution in [0.2, 0.25) is 0 Å². The SMILES string of the molecule is N#CCc1ccc(CC(Cl)C=O)cc1. The smallest absolute Gasteiger partial charge is 0.138 e. The Bertz CT molecular complexity index is 339. The molecule has 1 rings (SSSR count). The second-order valence-electron chi connectivity index (χ2n) is 3.01. The first-order valence-corrected chi connectivity index (χ1v) is 4.74. The van der Waals surface area contributed by atoms with Crippen LogP contribution in [0.15, 0.2) is 24.3 Å². The molecular weight excluding hydrogens is 198 g/mol. The van der Waals surface area contributed by atoms with Crippen LogP contribution in [0.4, 0.5) is 0 Å². The molecule has 0 spiro atoms. The standard InChI is InChI=1S/C11H10ClNO/c12-11(8-14)7-10-3-1-9(2-4-10)5-6-13/h1-4,8,11H,5,7H2. The van der Waals surface area contributed by atoms with E-state index >= 15 is 0 Å². The van der Waals surface area contributed by atoms with Crippen molar-refractivity contribution in [3.63, 3.8) is 0 Å². The van der Waals surface area contributed by atoms with Gasteiger partial charge >= 0.3 is 0 Å². The highest BCUT2D eigenvalue weighted by atomic mass is 35.5. The zero-order chi connectivity index (χ0) is 10.4. The molecule has 1 aromatic carbocycles. The summed E-state index contributed by atoms with van der Waals surface area (Å²) in [6.45, 7) is 0. The lowest BCUT2D eigenvalue weighted by atomic mass is 10.1. The monoisotopic (exact) mass is 207 g/mol. The molecule has 0 saturated carbocycles. The van der Waals surface area contributed by atoms with Gasteiger partial charge in [-0.2, -0.15) is 5.26 Å². The third-order valence-electron chi connectivity index (χ3n) is 1.88. The Labute approximate surface area is 88.1 Å². The van der Waals surface area contributed by atoms with E-state index in [9.17, 15) is 4.79 Å². The highest BCUT2D eigenvalue weighted by Crippen LogP contribution is 2.09. The van der Waals surface area contributed by atoms with Crippen molar-refractivity contribution in [3.05, 3.63) is 35.4 Å². The number of alkyl halides is 1. The van der Waals surface area contributed by atoms with Gasteiger partial charge in [-0.3, -0.25) is 0 Å². The van der Waals surface area contributed by atoms with Crippen molar-refractivity contribution in [3.8, 4) is 6.07 Å². The minimum atomic E-state index is -0.461. The second-order valence-corrected chi connectivity index (χ2v) is 3.57. The number of carbonyl (C=O) groups is 1. The quantitative estimate of drug-likeness (QED) is 0.561. The summed E-state index contributed by atoms with van der Waals surface area (Å²) in [6.07, 6.45) is 1.68. The summed E-state index contributed by atoms with van der Waals surface area (Å²) in [5.74, 6) is 0. The van der Waals surface area contributed by atoms with Crippen molar-refractivity contribution in [2.24, 2.45) is 0 Å². The fourth-order valence-corrected chi connectivity index (χ4v) is 1.34. The normalized spacial score (nSPS) is 11.7. The molecule has 0 amide bonds. The van der Waals surface area contributed by atoms with Crippen LogP contribution in [0.5, 0.6) is 0 Å². The van der Waals surface area contributed by atoms with E-state index < -0.39 is 5.38 Å². The highest BCUT2D eigenvalue weighted by molar-refractivity contribution is 6.27. The predicted molar refractivity (Wildman–Crippen MR) is 55.2 cm³/mol. The Balaban J connectivity index is 2.64. The molecule has 1 atom stereocenters. The number of hydrogen-bond donors (Lipinski definition) is 0. The summed E-state index contributed by atoms with van der Waals surface area (Å²) in [4.78, 5) is 10.3. The van der Waals surface area contributed by atoms with Crippen molar-refractivity contribution >= 4 is 17.9 Å². The molecule has 0 radical (unpaired) electrons. The topological polar surface area (TPSA) is 40.9 Å². The second kappa shape index (κ2) is 5.41. The number of nitrogens with zero attached hydrogens (tertiary/aromatic N) is 1. The van der Waals surface area contributed by atoms with Crippen molar-refractivity contribution < 1.29 is 4.79 Å². The van der Waals surface area contributed by atoms with Gasteiger partial charge in [0.2, 0.25) is 0 Å². The minimum absolute atomic E-state index is 0.415. The van der Waals surface area contributed by atoms with Gasteiger partial charge in [0.05, 0.1) is 17.9 Å². The molecule has 0 aliphatic carbocycles. The number of hydrogen-bond acceptors (Lipinski definition) is 2. The van der Waals surface area contributed by atoms with Gasteiger partial charge in [0.1, 0.15) is 6.29 Å². The zero-order valence-electron chi connectivity index (χ0n) is 7.61. The average molecular weight is 208 g/mol. The molecule has 0 aromatic heterocycles. The first-order valence-electron chi connectivity index (χ1n) is 4.30.